The zero-order valence-electron chi connectivity index (χ0n) is 12.9. The van der Waals surface area contributed by atoms with E-state index in [0.717, 1.165) is 0 Å². The van der Waals surface area contributed by atoms with Crippen molar-refractivity contribution < 1.29 is 19.1 Å². The van der Waals surface area contributed by atoms with Gasteiger partial charge >= 0.3 is 5.97 Å². The van der Waals surface area contributed by atoms with E-state index in [1.165, 1.54) is 0 Å². The largest absolute Gasteiger partial charge is 0.497 e. The highest BCUT2D eigenvalue weighted by atomic mass is 35.5. The fourth-order valence-corrected chi connectivity index (χ4v) is 2.60. The van der Waals surface area contributed by atoms with Crippen LogP contribution < -0.4 is 19.7 Å². The van der Waals surface area contributed by atoms with Gasteiger partial charge in [0.25, 0.3) is 0 Å². The summed E-state index contributed by atoms with van der Waals surface area (Å²) in [5, 5.41) is 3.28. The summed E-state index contributed by atoms with van der Waals surface area (Å²) >= 11 is 6.00. The summed E-state index contributed by atoms with van der Waals surface area (Å²) in [6.07, 6.45) is 0. The van der Waals surface area contributed by atoms with Crippen molar-refractivity contribution in [3.05, 3.63) is 47.5 Å². The Morgan fingerprint density at radius 2 is 2.17 bits per heavy atom. The third kappa shape index (κ3) is 3.60. The van der Waals surface area contributed by atoms with E-state index in [4.69, 9.17) is 21.1 Å². The predicted octanol–water partition coefficient (Wildman–Crippen LogP) is 2.71. The van der Waals surface area contributed by atoms with Crippen LogP contribution in [0, 0.1) is 0 Å². The van der Waals surface area contributed by atoms with Crippen LogP contribution in [0.3, 0.4) is 0 Å². The SMILES string of the molecule is COc1cccc(NC(=O)CN2CC(=O)Oc3ccc(Cl)cc32)c1. The first kappa shape index (κ1) is 16.1. The molecule has 0 fully saturated rings. The molecular weight excluding hydrogens is 332 g/mol. The first-order valence-corrected chi connectivity index (χ1v) is 7.62. The van der Waals surface area contributed by atoms with Crippen LogP contribution in [0.5, 0.6) is 11.5 Å². The van der Waals surface area contributed by atoms with E-state index < -0.39 is 5.97 Å². The number of hydrogen-bond donors (Lipinski definition) is 1. The number of ether oxygens (including phenoxy) is 2. The molecule has 124 valence electrons. The molecule has 0 aromatic heterocycles. The number of rotatable bonds is 4. The van der Waals surface area contributed by atoms with Crippen LogP contribution in [0.1, 0.15) is 0 Å². The molecule has 1 N–H and O–H groups in total. The van der Waals surface area contributed by atoms with Gasteiger partial charge in [0.1, 0.15) is 12.3 Å². The van der Waals surface area contributed by atoms with Crippen molar-refractivity contribution in [3.8, 4) is 11.5 Å². The quantitative estimate of drug-likeness (QED) is 0.681. The number of hydrogen-bond acceptors (Lipinski definition) is 5. The average Bonchev–Trinajstić information content (AvgIpc) is 2.55. The molecule has 1 amide bonds. The van der Waals surface area contributed by atoms with Gasteiger partial charge in [-0.05, 0) is 30.3 Å². The summed E-state index contributed by atoms with van der Waals surface area (Å²) in [4.78, 5) is 25.6. The van der Waals surface area contributed by atoms with E-state index in [2.05, 4.69) is 5.32 Å². The molecule has 0 atom stereocenters. The highest BCUT2D eigenvalue weighted by Crippen LogP contribution is 2.34. The zero-order valence-corrected chi connectivity index (χ0v) is 13.7. The Hall–Kier alpha value is -2.73. The second kappa shape index (κ2) is 6.80. The number of esters is 1. The molecular formula is C17H15ClN2O4. The minimum atomic E-state index is -0.418. The van der Waals surface area contributed by atoms with Crippen LogP contribution in [0.25, 0.3) is 0 Å². The Morgan fingerprint density at radius 3 is 2.96 bits per heavy atom. The molecule has 1 aliphatic heterocycles. The maximum Gasteiger partial charge on any atom is 0.331 e. The molecule has 0 saturated heterocycles. The third-order valence-electron chi connectivity index (χ3n) is 3.49. The fraction of sp³-hybridized carbons (Fsp3) is 0.176. The van der Waals surface area contributed by atoms with Gasteiger partial charge in [0.2, 0.25) is 5.91 Å². The Balaban J connectivity index is 1.74. The minimum absolute atomic E-state index is 0.000345. The molecule has 0 saturated carbocycles. The smallest absolute Gasteiger partial charge is 0.331 e. The Morgan fingerprint density at radius 1 is 1.33 bits per heavy atom. The number of benzene rings is 2. The van der Waals surface area contributed by atoms with Crippen molar-refractivity contribution in [3.63, 3.8) is 0 Å². The molecule has 1 heterocycles. The number of nitrogens with zero attached hydrogens (tertiary/aromatic N) is 1. The van der Waals surface area contributed by atoms with Gasteiger partial charge in [0.05, 0.1) is 19.3 Å². The normalized spacial score (nSPS) is 13.1. The van der Waals surface area contributed by atoms with Crippen LogP contribution in [-0.4, -0.2) is 32.1 Å². The Labute approximate surface area is 143 Å². The lowest BCUT2D eigenvalue weighted by Gasteiger charge is -2.29. The lowest BCUT2D eigenvalue weighted by Crippen LogP contribution is -2.41. The van der Waals surface area contributed by atoms with Gasteiger partial charge in [-0.1, -0.05) is 17.7 Å². The number of anilines is 2. The average molecular weight is 347 g/mol. The highest BCUT2D eigenvalue weighted by molar-refractivity contribution is 6.31. The molecule has 1 aliphatic rings. The van der Waals surface area contributed by atoms with Gasteiger partial charge < -0.3 is 19.7 Å². The van der Waals surface area contributed by atoms with E-state index >= 15 is 0 Å². The molecule has 0 aliphatic carbocycles. The van der Waals surface area contributed by atoms with Crippen molar-refractivity contribution in [2.75, 3.05) is 30.4 Å². The molecule has 0 unspecified atom stereocenters. The first-order valence-electron chi connectivity index (χ1n) is 7.24. The fourth-order valence-electron chi connectivity index (χ4n) is 2.44. The number of carbonyl (C=O) groups is 2. The van der Waals surface area contributed by atoms with Crippen molar-refractivity contribution in [2.24, 2.45) is 0 Å². The Kier molecular flexibility index (Phi) is 4.57. The number of nitrogens with one attached hydrogen (secondary N) is 1. The van der Waals surface area contributed by atoms with Crippen molar-refractivity contribution in [1.29, 1.82) is 0 Å². The van der Waals surface area contributed by atoms with Crippen LogP contribution in [0.4, 0.5) is 11.4 Å². The van der Waals surface area contributed by atoms with E-state index in [9.17, 15) is 9.59 Å². The first-order chi connectivity index (χ1) is 11.5. The number of halogens is 1. The maximum absolute atomic E-state index is 12.3. The molecule has 2 aromatic rings. The summed E-state index contributed by atoms with van der Waals surface area (Å²) in [6, 6.07) is 12.0. The molecule has 2 aromatic carbocycles. The lowest BCUT2D eigenvalue weighted by atomic mass is 10.2. The summed E-state index contributed by atoms with van der Waals surface area (Å²) in [7, 11) is 1.56. The Bertz CT molecular complexity index is 794. The van der Waals surface area contributed by atoms with Crippen LogP contribution >= 0.6 is 11.6 Å². The number of methoxy groups -OCH3 is 1. The predicted molar refractivity (Wildman–Crippen MR) is 90.9 cm³/mol. The molecule has 0 spiro atoms. The van der Waals surface area contributed by atoms with Crippen LogP contribution in [0.2, 0.25) is 5.02 Å². The maximum atomic E-state index is 12.3. The lowest BCUT2D eigenvalue weighted by molar-refractivity contribution is -0.133. The van der Waals surface area contributed by atoms with Crippen molar-refractivity contribution in [2.45, 2.75) is 0 Å². The van der Waals surface area contributed by atoms with E-state index in [-0.39, 0.29) is 19.0 Å². The highest BCUT2D eigenvalue weighted by Gasteiger charge is 2.26. The van der Waals surface area contributed by atoms with Crippen LogP contribution in [-0.2, 0) is 9.59 Å². The van der Waals surface area contributed by atoms with Gasteiger partial charge in [-0.2, -0.15) is 0 Å². The number of carbonyl (C=O) groups excluding carboxylic acids is 2. The topological polar surface area (TPSA) is 67.9 Å². The summed E-state index contributed by atoms with van der Waals surface area (Å²) in [5.41, 5.74) is 1.23. The molecule has 3 rings (SSSR count). The standard InChI is InChI=1S/C17H15ClN2O4/c1-23-13-4-2-3-12(8-13)19-16(21)9-20-10-17(22)24-15-6-5-11(18)7-14(15)20/h2-8H,9-10H2,1H3,(H,19,21). The van der Waals surface area contributed by atoms with Gasteiger partial charge in [-0.3, -0.25) is 4.79 Å². The minimum Gasteiger partial charge on any atom is -0.497 e. The summed E-state index contributed by atoms with van der Waals surface area (Å²) in [6.45, 7) is -0.0154. The molecule has 24 heavy (non-hydrogen) atoms. The van der Waals surface area contributed by atoms with Crippen LogP contribution in [0.15, 0.2) is 42.5 Å². The van der Waals surface area contributed by atoms with Crippen molar-refractivity contribution >= 4 is 34.9 Å². The van der Waals surface area contributed by atoms with Gasteiger partial charge in [0.15, 0.2) is 5.75 Å². The number of amides is 1. The van der Waals surface area contributed by atoms with Crippen molar-refractivity contribution in [1.82, 2.24) is 0 Å². The molecule has 0 bridgehead atoms. The van der Waals surface area contributed by atoms with Gasteiger partial charge in [-0.15, -0.1) is 0 Å². The monoisotopic (exact) mass is 346 g/mol. The van der Waals surface area contributed by atoms with E-state index in [1.54, 1.807) is 54.5 Å². The zero-order chi connectivity index (χ0) is 17.1. The summed E-state index contributed by atoms with van der Waals surface area (Å²) < 4.78 is 10.3. The van der Waals surface area contributed by atoms with Gasteiger partial charge in [0, 0.05) is 16.8 Å². The van der Waals surface area contributed by atoms with Gasteiger partial charge in [-0.25, -0.2) is 4.79 Å². The van der Waals surface area contributed by atoms with E-state index in [0.29, 0.717) is 27.9 Å². The number of fused-ring (bicyclic) bond motifs is 1. The second-order valence-electron chi connectivity index (χ2n) is 5.22. The molecule has 0 radical (unpaired) electrons. The second-order valence-corrected chi connectivity index (χ2v) is 5.66. The molecule has 6 nitrogen and oxygen atoms in total. The molecule has 7 heteroatoms. The van der Waals surface area contributed by atoms with E-state index in [1.807, 2.05) is 0 Å². The summed E-state index contributed by atoms with van der Waals surface area (Å²) in [5.74, 6) is 0.360. The third-order valence-corrected chi connectivity index (χ3v) is 3.73.